The average Bonchev–Trinajstić information content (AvgIpc) is 2.53. The van der Waals surface area contributed by atoms with Crippen LogP contribution in [0.15, 0.2) is 52.7 Å². The molecular weight excluding hydrogens is 272 g/mol. The van der Waals surface area contributed by atoms with Crippen molar-refractivity contribution in [2.45, 2.75) is 0 Å². The summed E-state index contributed by atoms with van der Waals surface area (Å²) >= 11 is 0. The van der Waals surface area contributed by atoms with E-state index >= 15 is 0 Å². The van der Waals surface area contributed by atoms with Gasteiger partial charge in [-0.2, -0.15) is 10.4 Å². The van der Waals surface area contributed by atoms with Crippen LogP contribution in [-0.2, 0) is 0 Å². The van der Waals surface area contributed by atoms with Crippen LogP contribution >= 0.6 is 0 Å². The second-order valence-corrected chi connectivity index (χ2v) is 3.97. The van der Waals surface area contributed by atoms with Gasteiger partial charge < -0.3 is 4.74 Å². The molecule has 104 valence electrons. The molecule has 0 heterocycles. The summed E-state index contributed by atoms with van der Waals surface area (Å²) in [5.74, 6) is 0.556. The van der Waals surface area contributed by atoms with Crippen LogP contribution < -0.4 is 4.74 Å². The Morgan fingerprint density at radius 1 is 1.19 bits per heavy atom. The summed E-state index contributed by atoms with van der Waals surface area (Å²) in [5, 5.41) is 27.5. The summed E-state index contributed by atoms with van der Waals surface area (Å²) in [6.07, 6.45) is 0. The van der Waals surface area contributed by atoms with Gasteiger partial charge in [-0.05, 0) is 24.3 Å². The fourth-order valence-corrected chi connectivity index (χ4v) is 1.57. The normalized spacial score (nSPS) is 10.3. The van der Waals surface area contributed by atoms with Gasteiger partial charge >= 0.3 is 0 Å². The molecule has 0 aliphatic rings. The topological polar surface area (TPSA) is 101 Å². The van der Waals surface area contributed by atoms with Gasteiger partial charge in [0.05, 0.1) is 23.3 Å². The molecule has 0 N–H and O–H groups in total. The van der Waals surface area contributed by atoms with Crippen LogP contribution in [0.2, 0.25) is 0 Å². The zero-order valence-corrected chi connectivity index (χ0v) is 11.1. The van der Waals surface area contributed by atoms with Gasteiger partial charge in [-0.15, -0.1) is 5.11 Å². The average molecular weight is 282 g/mol. The highest BCUT2D eigenvalue weighted by Gasteiger charge is 2.05. The highest BCUT2D eigenvalue weighted by Crippen LogP contribution is 2.26. The van der Waals surface area contributed by atoms with Crippen molar-refractivity contribution < 1.29 is 9.66 Å². The Morgan fingerprint density at radius 2 is 1.90 bits per heavy atom. The fourth-order valence-electron chi connectivity index (χ4n) is 1.57. The van der Waals surface area contributed by atoms with Crippen LogP contribution in [0.1, 0.15) is 5.56 Å². The van der Waals surface area contributed by atoms with E-state index in [1.165, 1.54) is 31.4 Å². The summed E-state index contributed by atoms with van der Waals surface area (Å²) in [6, 6.07) is 12.5. The number of azo groups is 1. The first kappa shape index (κ1) is 14.1. The van der Waals surface area contributed by atoms with E-state index in [1.54, 1.807) is 18.2 Å². The molecule has 0 fully saturated rings. The van der Waals surface area contributed by atoms with Crippen molar-refractivity contribution in [2.24, 2.45) is 10.2 Å². The Hall–Kier alpha value is -3.27. The molecule has 0 bridgehead atoms. The third-order valence-corrected chi connectivity index (χ3v) is 2.66. The minimum absolute atomic E-state index is 0.0175. The van der Waals surface area contributed by atoms with Gasteiger partial charge in [0, 0.05) is 18.2 Å². The Balaban J connectivity index is 2.25. The Bertz CT molecular complexity index is 733. The molecule has 0 aromatic heterocycles. The number of rotatable bonds is 4. The molecule has 7 nitrogen and oxygen atoms in total. The molecule has 7 heteroatoms. The van der Waals surface area contributed by atoms with Gasteiger partial charge in [-0.1, -0.05) is 0 Å². The molecule has 0 aliphatic carbocycles. The standard InChI is InChI=1S/C14H10N4O3/c1-21-13-6-7-14(10(8-13)9-15)17-16-11-2-4-12(5-3-11)18(19)20/h2-8H,1H3. The third kappa shape index (κ3) is 3.39. The number of methoxy groups -OCH3 is 1. The number of hydrogen-bond donors (Lipinski definition) is 0. The Labute approximate surface area is 120 Å². The maximum Gasteiger partial charge on any atom is 0.269 e. The van der Waals surface area contributed by atoms with E-state index in [9.17, 15) is 10.1 Å². The summed E-state index contributed by atoms with van der Waals surface area (Å²) in [7, 11) is 1.51. The van der Waals surface area contributed by atoms with Crippen LogP contribution in [0.4, 0.5) is 17.1 Å². The lowest BCUT2D eigenvalue weighted by molar-refractivity contribution is -0.384. The molecule has 0 saturated heterocycles. The van der Waals surface area contributed by atoms with Gasteiger partial charge in [0.1, 0.15) is 17.5 Å². The summed E-state index contributed by atoms with van der Waals surface area (Å²) in [4.78, 5) is 10.1. The number of non-ortho nitro benzene ring substituents is 1. The predicted octanol–water partition coefficient (Wildman–Crippen LogP) is 3.89. The molecule has 0 unspecified atom stereocenters. The quantitative estimate of drug-likeness (QED) is 0.482. The first-order valence-electron chi connectivity index (χ1n) is 5.88. The monoisotopic (exact) mass is 282 g/mol. The molecule has 0 aliphatic heterocycles. The lowest BCUT2D eigenvalue weighted by Gasteiger charge is -2.01. The van der Waals surface area contributed by atoms with Crippen molar-refractivity contribution in [3.63, 3.8) is 0 Å². The number of hydrogen-bond acceptors (Lipinski definition) is 6. The van der Waals surface area contributed by atoms with Gasteiger partial charge in [-0.25, -0.2) is 0 Å². The SMILES string of the molecule is COc1ccc(N=Nc2ccc([N+](=O)[O-])cc2)c(C#N)c1. The maximum absolute atomic E-state index is 10.5. The van der Waals surface area contributed by atoms with Crippen molar-refractivity contribution in [2.75, 3.05) is 7.11 Å². The van der Waals surface area contributed by atoms with Crippen LogP contribution in [0.3, 0.4) is 0 Å². The van der Waals surface area contributed by atoms with E-state index in [0.29, 0.717) is 22.7 Å². The minimum Gasteiger partial charge on any atom is -0.497 e. The second kappa shape index (κ2) is 6.25. The third-order valence-electron chi connectivity index (χ3n) is 2.66. The molecule has 0 amide bonds. The summed E-state index contributed by atoms with van der Waals surface area (Å²) in [5.41, 5.74) is 1.17. The summed E-state index contributed by atoms with van der Waals surface area (Å²) in [6.45, 7) is 0. The number of ether oxygens (including phenoxy) is 1. The number of nitrogens with zero attached hydrogens (tertiary/aromatic N) is 4. The van der Waals surface area contributed by atoms with Crippen LogP contribution in [-0.4, -0.2) is 12.0 Å². The number of nitro benzene ring substituents is 1. The van der Waals surface area contributed by atoms with E-state index in [0.717, 1.165) is 0 Å². The molecule has 2 aromatic carbocycles. The molecular formula is C14H10N4O3. The zero-order chi connectivity index (χ0) is 15.2. The van der Waals surface area contributed by atoms with Gasteiger partial charge in [0.15, 0.2) is 0 Å². The molecule has 0 radical (unpaired) electrons. The molecule has 0 saturated carbocycles. The molecule has 2 aromatic rings. The van der Waals surface area contributed by atoms with E-state index in [2.05, 4.69) is 10.2 Å². The zero-order valence-electron chi connectivity index (χ0n) is 11.1. The van der Waals surface area contributed by atoms with E-state index in [1.807, 2.05) is 6.07 Å². The van der Waals surface area contributed by atoms with Crippen molar-refractivity contribution >= 4 is 17.1 Å². The molecule has 0 spiro atoms. The van der Waals surface area contributed by atoms with E-state index in [-0.39, 0.29) is 5.69 Å². The van der Waals surface area contributed by atoms with Crippen molar-refractivity contribution in [3.8, 4) is 11.8 Å². The number of nitriles is 1. The fraction of sp³-hybridized carbons (Fsp3) is 0.0714. The lowest BCUT2D eigenvalue weighted by Crippen LogP contribution is -1.85. The van der Waals surface area contributed by atoms with Gasteiger partial charge in [0.25, 0.3) is 5.69 Å². The first-order valence-corrected chi connectivity index (χ1v) is 5.88. The van der Waals surface area contributed by atoms with Gasteiger partial charge in [-0.3, -0.25) is 10.1 Å². The smallest absolute Gasteiger partial charge is 0.269 e. The number of nitro groups is 1. The Morgan fingerprint density at radius 3 is 2.48 bits per heavy atom. The Kier molecular flexibility index (Phi) is 4.21. The van der Waals surface area contributed by atoms with E-state index in [4.69, 9.17) is 10.00 Å². The number of benzene rings is 2. The van der Waals surface area contributed by atoms with Crippen LogP contribution in [0.25, 0.3) is 0 Å². The summed E-state index contributed by atoms with van der Waals surface area (Å²) < 4.78 is 5.02. The van der Waals surface area contributed by atoms with Gasteiger partial charge in [0.2, 0.25) is 0 Å². The van der Waals surface area contributed by atoms with E-state index < -0.39 is 4.92 Å². The highest BCUT2D eigenvalue weighted by molar-refractivity contribution is 5.56. The second-order valence-electron chi connectivity index (χ2n) is 3.97. The highest BCUT2D eigenvalue weighted by atomic mass is 16.6. The maximum atomic E-state index is 10.5. The predicted molar refractivity (Wildman–Crippen MR) is 75.0 cm³/mol. The first-order chi connectivity index (χ1) is 10.1. The largest absolute Gasteiger partial charge is 0.497 e. The molecule has 0 atom stereocenters. The molecule has 2 rings (SSSR count). The van der Waals surface area contributed by atoms with Crippen LogP contribution in [0.5, 0.6) is 5.75 Å². The van der Waals surface area contributed by atoms with Crippen molar-refractivity contribution in [1.82, 2.24) is 0 Å². The van der Waals surface area contributed by atoms with Crippen LogP contribution in [0, 0.1) is 21.4 Å². The minimum atomic E-state index is -0.488. The van der Waals surface area contributed by atoms with Crippen molar-refractivity contribution in [1.29, 1.82) is 5.26 Å². The lowest BCUT2D eigenvalue weighted by atomic mass is 10.2. The van der Waals surface area contributed by atoms with Crippen molar-refractivity contribution in [3.05, 3.63) is 58.1 Å². The molecule has 21 heavy (non-hydrogen) atoms.